The molecule has 0 radical (unpaired) electrons. The molecule has 2 aliphatic rings. The number of rotatable bonds is 7. The van der Waals surface area contributed by atoms with Crippen molar-refractivity contribution in [1.29, 1.82) is 0 Å². The van der Waals surface area contributed by atoms with Crippen LogP contribution in [0.4, 0.5) is 0 Å². The van der Waals surface area contributed by atoms with Crippen LogP contribution in [0.25, 0.3) is 0 Å². The van der Waals surface area contributed by atoms with Gasteiger partial charge in [-0.1, -0.05) is 24.6 Å². The van der Waals surface area contributed by atoms with E-state index in [0.29, 0.717) is 0 Å². The van der Waals surface area contributed by atoms with Crippen molar-refractivity contribution in [3.63, 3.8) is 0 Å². The summed E-state index contributed by atoms with van der Waals surface area (Å²) in [5.74, 6) is 0. The van der Waals surface area contributed by atoms with Gasteiger partial charge in [0.25, 0.3) is 0 Å². The molecule has 138 valence electrons. The maximum atomic E-state index is 5.61. The van der Waals surface area contributed by atoms with E-state index < -0.39 is 8.80 Å². The summed E-state index contributed by atoms with van der Waals surface area (Å²) in [6.07, 6.45) is 9.22. The smallest absolute Gasteiger partial charge is 0.373 e. The third-order valence-electron chi connectivity index (χ3n) is 5.47. The van der Waals surface area contributed by atoms with E-state index in [1.807, 2.05) is 6.07 Å². The van der Waals surface area contributed by atoms with Gasteiger partial charge in [0.1, 0.15) is 19.6 Å². The molecule has 0 spiro atoms. The van der Waals surface area contributed by atoms with Gasteiger partial charge < -0.3 is 13.3 Å². The van der Waals surface area contributed by atoms with Gasteiger partial charge >= 0.3 is 8.80 Å². The van der Waals surface area contributed by atoms with Crippen LogP contribution >= 0.6 is 0 Å². The summed E-state index contributed by atoms with van der Waals surface area (Å²) in [6.45, 7) is 3.16. The Morgan fingerprint density at radius 3 is 2.48 bits per heavy atom. The van der Waals surface area contributed by atoms with E-state index in [1.54, 1.807) is 21.3 Å². The Morgan fingerprint density at radius 1 is 1.08 bits per heavy atom. The summed E-state index contributed by atoms with van der Waals surface area (Å²) in [6, 6.07) is 9.19. The van der Waals surface area contributed by atoms with Crippen LogP contribution in [0.5, 0.6) is 0 Å². The van der Waals surface area contributed by atoms with E-state index in [-0.39, 0.29) is 0 Å². The quantitative estimate of drug-likeness (QED) is 0.548. The first-order chi connectivity index (χ1) is 12.2. The molecular weight excluding hydrogens is 332 g/mol. The Balaban J connectivity index is 1.70. The molecule has 5 nitrogen and oxygen atoms in total. The molecule has 1 aromatic rings. The van der Waals surface area contributed by atoms with Gasteiger partial charge in [-0.25, -0.2) is 0 Å². The van der Waals surface area contributed by atoms with E-state index in [9.17, 15) is 0 Å². The molecule has 0 unspecified atom stereocenters. The van der Waals surface area contributed by atoms with Gasteiger partial charge in [0.15, 0.2) is 0 Å². The highest BCUT2D eigenvalue weighted by Gasteiger charge is 2.41. The van der Waals surface area contributed by atoms with Crippen LogP contribution < -0.4 is 5.19 Å². The lowest BCUT2D eigenvalue weighted by Gasteiger charge is -2.24. The molecule has 1 heterocycles. The molecule has 1 aliphatic heterocycles. The molecule has 0 amide bonds. The lowest BCUT2D eigenvalue weighted by molar-refractivity contribution is -0.530. The summed E-state index contributed by atoms with van der Waals surface area (Å²) >= 11 is 0. The fourth-order valence-corrected chi connectivity index (χ4v) is 5.95. The summed E-state index contributed by atoms with van der Waals surface area (Å²) in [5.41, 5.74) is 1.27. The molecule has 6 heteroatoms. The minimum atomic E-state index is -2.76. The van der Waals surface area contributed by atoms with E-state index in [1.165, 1.54) is 37.7 Å². The molecule has 1 saturated carbocycles. The molecule has 0 bridgehead atoms. The first-order valence-corrected chi connectivity index (χ1v) is 11.0. The molecule has 1 fully saturated rings. The van der Waals surface area contributed by atoms with Crippen molar-refractivity contribution in [3.8, 4) is 0 Å². The zero-order valence-corrected chi connectivity index (χ0v) is 16.7. The third kappa shape index (κ3) is 4.14. The molecule has 3 rings (SSSR count). The van der Waals surface area contributed by atoms with Crippen LogP contribution in [0.3, 0.4) is 0 Å². The van der Waals surface area contributed by atoms with Crippen molar-refractivity contribution in [2.24, 2.45) is 0 Å². The summed E-state index contributed by atoms with van der Waals surface area (Å²) in [5, 5.41) is 1.01. The van der Waals surface area contributed by atoms with Gasteiger partial charge in [-0.2, -0.15) is 0 Å². The molecule has 0 aromatic heterocycles. The highest BCUT2D eigenvalue weighted by atomic mass is 28.4. The Kier molecular flexibility index (Phi) is 6.27. The zero-order valence-electron chi connectivity index (χ0n) is 15.7. The van der Waals surface area contributed by atoms with Crippen LogP contribution in [-0.2, 0) is 19.8 Å². The van der Waals surface area contributed by atoms with Crippen LogP contribution in [0.2, 0.25) is 0 Å². The second kappa shape index (κ2) is 8.45. The molecule has 1 aliphatic carbocycles. The minimum absolute atomic E-state index is 0.751. The molecule has 0 atom stereocenters. The number of hydrogen-bond acceptors (Lipinski definition) is 4. The maximum Gasteiger partial charge on any atom is 0.536 e. The van der Waals surface area contributed by atoms with E-state index >= 15 is 0 Å². The zero-order chi connectivity index (χ0) is 17.7. The molecule has 0 N–H and O–H groups in total. The normalized spacial score (nSPS) is 19.3. The maximum absolute atomic E-state index is 5.61. The van der Waals surface area contributed by atoms with Crippen LogP contribution in [-0.4, -0.2) is 65.1 Å². The summed E-state index contributed by atoms with van der Waals surface area (Å²) < 4.78 is 19.2. The monoisotopic (exact) mass is 363 g/mol. The van der Waals surface area contributed by atoms with Crippen molar-refractivity contribution in [2.75, 3.05) is 34.4 Å². The van der Waals surface area contributed by atoms with E-state index in [0.717, 1.165) is 30.9 Å². The highest BCUT2D eigenvalue weighted by Crippen LogP contribution is 2.22. The average molecular weight is 364 g/mol. The van der Waals surface area contributed by atoms with Crippen LogP contribution in [0.1, 0.15) is 37.7 Å². The summed E-state index contributed by atoms with van der Waals surface area (Å²) in [7, 11) is 2.20. The lowest BCUT2D eigenvalue weighted by Crippen LogP contribution is -2.54. The fraction of sp³-hybridized carbons (Fsp3) is 0.632. The van der Waals surface area contributed by atoms with Crippen molar-refractivity contribution in [2.45, 2.75) is 44.7 Å². The molecule has 1 aromatic carbocycles. The van der Waals surface area contributed by atoms with Gasteiger partial charge in [-0.3, -0.25) is 9.48 Å². The topological polar surface area (TPSA) is 33.9 Å². The Bertz CT molecular complexity index is 590. The Labute approximate surface area is 152 Å². The van der Waals surface area contributed by atoms with Crippen molar-refractivity contribution >= 4 is 20.3 Å². The largest absolute Gasteiger partial charge is 0.536 e. The Hall–Kier alpha value is -1.21. The van der Waals surface area contributed by atoms with Crippen LogP contribution in [0.15, 0.2) is 24.3 Å². The molecule has 25 heavy (non-hydrogen) atoms. The van der Waals surface area contributed by atoms with Gasteiger partial charge in [-0.05, 0) is 37.3 Å². The van der Waals surface area contributed by atoms with Gasteiger partial charge in [0.05, 0.1) is 6.04 Å². The van der Waals surface area contributed by atoms with Crippen molar-refractivity contribution in [3.05, 3.63) is 29.8 Å². The average Bonchev–Trinajstić information content (AvgIpc) is 3.13. The second-order valence-corrected chi connectivity index (χ2v) is 9.90. The van der Waals surface area contributed by atoms with Crippen LogP contribution in [0, 0.1) is 0 Å². The van der Waals surface area contributed by atoms with Crippen molar-refractivity contribution < 1.29 is 17.9 Å². The number of benzene rings is 1. The van der Waals surface area contributed by atoms with E-state index in [2.05, 4.69) is 34.0 Å². The number of nitrogens with zero attached hydrogens (tertiary/aromatic N) is 2. The Morgan fingerprint density at radius 2 is 1.80 bits per heavy atom. The highest BCUT2D eigenvalue weighted by molar-refractivity contribution is 6.75. The number of hydrogen-bond donors (Lipinski definition) is 0. The van der Waals surface area contributed by atoms with Gasteiger partial charge in [0.2, 0.25) is 6.34 Å². The minimum Gasteiger partial charge on any atom is -0.373 e. The summed E-state index contributed by atoms with van der Waals surface area (Å²) in [4.78, 5) is 2.56. The SMILES string of the molecule is CO[Si](OC)(OC)c1cccc(C[N+]2=CN(C3CCCCC3)CC2)c1. The van der Waals surface area contributed by atoms with E-state index in [4.69, 9.17) is 13.3 Å². The standard InChI is InChI=1S/C19H31N2O3Si/c1-22-25(23-2,24-3)19-11-7-8-17(14-19)15-20-12-13-21(16-20)18-9-5-4-6-10-18/h7-8,11,14,16,18H,4-6,9-10,12-13,15H2,1-3H3/q+1. The first-order valence-electron chi connectivity index (χ1n) is 9.30. The predicted octanol–water partition coefficient (Wildman–Crippen LogP) is 1.96. The lowest BCUT2D eigenvalue weighted by atomic mass is 9.95. The predicted molar refractivity (Wildman–Crippen MR) is 101 cm³/mol. The third-order valence-corrected chi connectivity index (χ3v) is 8.10. The van der Waals surface area contributed by atoms with Gasteiger partial charge in [-0.15, -0.1) is 0 Å². The molecular formula is C19H31N2O3Si+. The molecule has 0 saturated heterocycles. The fourth-order valence-electron chi connectivity index (χ4n) is 4.08. The van der Waals surface area contributed by atoms with Gasteiger partial charge in [0, 0.05) is 26.5 Å². The first kappa shape index (κ1) is 18.6. The second-order valence-electron chi connectivity index (χ2n) is 6.98. The van der Waals surface area contributed by atoms with Crippen molar-refractivity contribution in [1.82, 2.24) is 4.90 Å².